The third-order valence-electron chi connectivity index (χ3n) is 21.7. The number of nitrogens with zero attached hydrogens (tertiary/aromatic N) is 25. The summed E-state index contributed by atoms with van der Waals surface area (Å²) >= 11 is 51.2. The van der Waals surface area contributed by atoms with Gasteiger partial charge >= 0.3 is 0 Å². The van der Waals surface area contributed by atoms with E-state index in [1.807, 2.05) is 79.9 Å². The summed E-state index contributed by atoms with van der Waals surface area (Å²) in [6, 6.07) is 34.3. The average molecular weight is 2290 g/mol. The van der Waals surface area contributed by atoms with Crippen molar-refractivity contribution >= 4 is 236 Å². The second-order valence-corrected chi connectivity index (χ2v) is 36.0. The highest BCUT2D eigenvalue weighted by molar-refractivity contribution is 6.66. The Balaban J connectivity index is 0.000000180. The fourth-order valence-electron chi connectivity index (χ4n) is 14.2. The maximum Gasteiger partial charge on any atom is 0.271 e. The predicted molar refractivity (Wildman–Crippen MR) is 570 cm³/mol. The predicted octanol–water partition coefficient (Wildman–Crippen LogP) is 17.6. The summed E-state index contributed by atoms with van der Waals surface area (Å²) in [5.41, 5.74) is 24.1. The van der Waals surface area contributed by atoms with Gasteiger partial charge in [0.05, 0.1) is 122 Å². The van der Waals surface area contributed by atoms with Gasteiger partial charge in [0.15, 0.2) is 28.4 Å². The molecule has 0 atom stereocenters. The van der Waals surface area contributed by atoms with Crippen molar-refractivity contribution in [2.75, 3.05) is 140 Å². The number of carbonyl (C=O) groups excluding carboxylic acids is 2. The van der Waals surface area contributed by atoms with Gasteiger partial charge in [-0.2, -0.15) is 40.3 Å². The van der Waals surface area contributed by atoms with E-state index in [2.05, 4.69) is 174 Å². The molecule has 0 spiro atoms. The summed E-state index contributed by atoms with van der Waals surface area (Å²) in [6.07, 6.45) is 33.2. The highest BCUT2D eigenvalue weighted by atomic mass is 127. The van der Waals surface area contributed by atoms with Crippen LogP contribution in [0.3, 0.4) is 0 Å². The number of non-ortho nitro benzene ring substituents is 3. The minimum Gasteiger partial charge on any atom is -1.00 e. The lowest BCUT2D eigenvalue weighted by Gasteiger charge is -2.28. The van der Waals surface area contributed by atoms with Crippen LogP contribution < -0.4 is 83.7 Å². The maximum atomic E-state index is 11.5. The first-order valence-corrected chi connectivity index (χ1v) is 47.8. The molecule has 0 aliphatic carbocycles. The normalized spacial score (nSPS) is 13.8. The first kappa shape index (κ1) is 114. The van der Waals surface area contributed by atoms with E-state index in [4.69, 9.17) is 122 Å². The van der Waals surface area contributed by atoms with Gasteiger partial charge < -0.3 is 103 Å². The number of rotatable bonds is 24. The molecule has 146 heavy (non-hydrogen) atoms. The van der Waals surface area contributed by atoms with Gasteiger partial charge in [0, 0.05) is 101 Å². The number of amides is 1. The number of hydrogen-bond donors (Lipinski definition) is 11. The maximum absolute atomic E-state index is 11.5. The number of nitrogens with two attached hydrogens (primary N) is 3. The van der Waals surface area contributed by atoms with E-state index in [1.165, 1.54) is 80.1 Å². The zero-order chi connectivity index (χ0) is 104. The minimum absolute atomic E-state index is 0. The fourth-order valence-corrected chi connectivity index (χ4v) is 15.2. The third-order valence-corrected chi connectivity index (χ3v) is 24.0. The van der Waals surface area contributed by atoms with Gasteiger partial charge in [-0.1, -0.05) is 113 Å². The van der Waals surface area contributed by atoms with Crippen LogP contribution in [0.2, 0.25) is 40.8 Å². The molecule has 768 valence electrons. The number of nitrogens with one attached hydrogen (secondary N) is 8. The van der Waals surface area contributed by atoms with Gasteiger partial charge in [-0.15, -0.1) is 0 Å². The second kappa shape index (κ2) is 57.3. The van der Waals surface area contributed by atoms with E-state index in [0.29, 0.717) is 114 Å². The fraction of sp³-hybridized carbons (Fsp3) is 0.261. The van der Waals surface area contributed by atoms with Gasteiger partial charge in [0.25, 0.3) is 17.1 Å². The molecule has 14 aromatic rings. The quantitative estimate of drug-likeness (QED) is 0.00391. The highest BCUT2D eigenvalue weighted by Crippen LogP contribution is 2.35. The summed E-state index contributed by atoms with van der Waals surface area (Å²) < 4.78 is 8.01. The molecule has 0 saturated carbocycles. The molecule has 54 heteroatoms. The van der Waals surface area contributed by atoms with E-state index >= 15 is 0 Å². The summed E-state index contributed by atoms with van der Waals surface area (Å²) in [5.74, 6) is 2.49. The number of piperidine rings is 4. The van der Waals surface area contributed by atoms with Crippen molar-refractivity contribution in [3.63, 3.8) is 0 Å². The van der Waals surface area contributed by atoms with Crippen molar-refractivity contribution in [3.05, 3.63) is 298 Å². The van der Waals surface area contributed by atoms with Crippen molar-refractivity contribution in [2.45, 2.75) is 75.5 Å². The zero-order valence-electron chi connectivity index (χ0n) is 78.7. The standard InChI is InChI=1S/C22H25ClN8O.C19H21ClN8O2.C19H23ClN8.C10H6Cl2N4O2.C9H16N4.C6H6N2O2.C4HCl3N2.C3H3ClO.HI/c1-3-20(32)26-15-5-4-6-16(11-15)27-21-19(23)13-24-22(29-21)28-17-12-25-31(14-17)18-7-9-30(2)10-8-18;1-26-7-5-15(6-8-26)27-12-14(10-22-27)24-19-21-11-17(20)18(25-19)23-13-3-2-4-16(9-13)28(29)30;1-27-7-5-16(6-8-27)28-12-15(10-23-28)25-19-22-11-17(20)18(26-19)24-14-4-2-3-13(21)9-14;11-8-5-13-10(12)15-9(8)14-6-2-1-3-7(4-6)16(17)18;1-12-4-2-9(3-5-12)13-7-8(10)6-11-13;7-5-2-1-3-6(4-5)8(9)10;5-2-1-8-4(7)9-3(2)6;1-2-3(4)5;/h3-6,11-14,18H,1,7-10H2,2H3,(H,26,32)(H2,24,27,28,29);2-4,9-12,15H,5-8H2,1H3,(H2,21,23,24,25);2-4,9-12,16H,5-8,21H2,1H3,(H2,22,24,25,26);1-5H,(H,13,14,15);6-7,9H,2-5,10H2,1H3;1-4H,7H2;1H;2H,1H2;1H/p-1. The summed E-state index contributed by atoms with van der Waals surface area (Å²) in [5, 5.41) is 75.3. The van der Waals surface area contributed by atoms with Crippen LogP contribution in [-0.4, -0.2) is 215 Å². The Hall–Kier alpha value is -13.7. The van der Waals surface area contributed by atoms with E-state index in [1.54, 1.807) is 79.5 Å². The number of nitro groups is 3. The molecule has 14 N–H and O–H groups in total. The lowest BCUT2D eigenvalue weighted by Crippen LogP contribution is -3.00. The lowest BCUT2D eigenvalue weighted by molar-refractivity contribution is -0.385. The van der Waals surface area contributed by atoms with Crippen molar-refractivity contribution in [1.82, 2.24) is 109 Å². The van der Waals surface area contributed by atoms with Crippen LogP contribution in [-0.2, 0) is 9.59 Å². The third kappa shape index (κ3) is 37.4. The van der Waals surface area contributed by atoms with Crippen LogP contribution in [0.4, 0.5) is 121 Å². The van der Waals surface area contributed by atoms with Crippen LogP contribution in [0.15, 0.2) is 227 Å². The molecule has 4 aliphatic heterocycles. The van der Waals surface area contributed by atoms with E-state index < -0.39 is 20.0 Å². The first-order valence-electron chi connectivity index (χ1n) is 44.4. The summed E-state index contributed by atoms with van der Waals surface area (Å²) in [7, 11) is 8.58. The molecule has 4 saturated heterocycles. The Kier molecular flexibility index (Phi) is 44.8. The van der Waals surface area contributed by atoms with Gasteiger partial charge in [0.1, 0.15) is 20.1 Å². The van der Waals surface area contributed by atoms with Crippen molar-refractivity contribution in [1.29, 1.82) is 0 Å². The van der Waals surface area contributed by atoms with Gasteiger partial charge in [-0.3, -0.25) is 58.7 Å². The van der Waals surface area contributed by atoms with Crippen LogP contribution >= 0.6 is 104 Å². The molecule has 5 aromatic carbocycles. The van der Waals surface area contributed by atoms with E-state index in [9.17, 15) is 39.9 Å². The van der Waals surface area contributed by atoms with Crippen LogP contribution in [0.5, 0.6) is 0 Å². The number of nitrogen functional groups attached to an aromatic ring is 3. The number of benzene rings is 5. The molecule has 0 bridgehead atoms. The zero-order valence-corrected chi connectivity index (χ0v) is 87.7. The number of nitro benzene ring substituents is 3. The molecule has 4 aliphatic rings. The largest absolute Gasteiger partial charge is 1.00 e. The number of allylic oxidation sites excluding steroid dienone is 1. The molecule has 4 fully saturated rings. The number of likely N-dealkylation sites (tertiary alicyclic amines) is 4. The smallest absolute Gasteiger partial charge is 0.271 e. The molecule has 13 heterocycles. The summed E-state index contributed by atoms with van der Waals surface area (Å²) in [6.45, 7) is 15.3. The number of aromatic nitrogens is 18. The monoisotopic (exact) mass is 2280 g/mol. The molecule has 44 nitrogen and oxygen atoms in total. The Morgan fingerprint density at radius 1 is 0.356 bits per heavy atom. The molecule has 0 unspecified atom stereocenters. The van der Waals surface area contributed by atoms with Gasteiger partial charge in [-0.25, -0.2) is 29.9 Å². The highest BCUT2D eigenvalue weighted by Gasteiger charge is 2.25. The second-order valence-electron chi connectivity index (χ2n) is 32.6. The summed E-state index contributed by atoms with van der Waals surface area (Å²) in [4.78, 5) is 101. The van der Waals surface area contributed by atoms with Crippen LogP contribution in [0, 0.1) is 30.3 Å². The number of halogens is 10. The van der Waals surface area contributed by atoms with Crippen molar-refractivity contribution in [2.24, 2.45) is 0 Å². The first-order chi connectivity index (χ1) is 69.5. The molecular formula is C92H101Cl9IN36O8-. The SMILES string of the molecule is C=CC(=O)Cl.C=CC(=O)Nc1cccc(Nc2nc(Nc3cnn(C4CCN(C)CC4)c3)ncc2Cl)c1.CN1CCC(n2cc(N)cn2)CC1.CN1CCC(n2cc(Nc3ncc(Cl)c(Nc4cccc(N)c4)n3)cn2)CC1.CN1CCC(n2cc(Nc3ncc(Cl)c(Nc4cccc([N+](=O)[O-])c4)n3)cn2)CC1.Clc1ncc(Cl)c(Cl)n1.Nc1cccc([N+](=O)[O-])c1.O=[N+]([O-])c1cccc(Nc2nc(Cl)ncc2Cl)c1.[I-]. The van der Waals surface area contributed by atoms with Gasteiger partial charge in [0.2, 0.25) is 39.6 Å². The number of carbonyl (C=O) groups is 2. The number of anilines is 18. The van der Waals surface area contributed by atoms with Gasteiger partial charge in [-0.05, 0) is 233 Å². The molecular weight excluding hydrogens is 2180 g/mol. The minimum atomic E-state index is -0.509. The van der Waals surface area contributed by atoms with Crippen LogP contribution in [0.1, 0.15) is 75.5 Å². The topological polar surface area (TPSA) is 551 Å². The van der Waals surface area contributed by atoms with Crippen molar-refractivity contribution in [3.8, 4) is 0 Å². The molecule has 9 aromatic heterocycles. The molecule has 18 rings (SSSR count). The molecule has 1 amide bonds. The average Bonchev–Trinajstić information content (AvgIpc) is 1.69. The van der Waals surface area contributed by atoms with E-state index in [0.717, 1.165) is 125 Å². The molecule has 0 radical (unpaired) electrons. The van der Waals surface area contributed by atoms with Crippen molar-refractivity contribution < 1.29 is 48.3 Å². The Morgan fingerprint density at radius 2 is 0.651 bits per heavy atom. The Labute approximate surface area is 900 Å². The Bertz CT molecular complexity index is 6700. The van der Waals surface area contributed by atoms with E-state index in [-0.39, 0.29) is 73.5 Å². The lowest BCUT2D eigenvalue weighted by atomic mass is 10.1. The Morgan fingerprint density at radius 3 is 0.973 bits per heavy atom. The number of hydrogen-bond acceptors (Lipinski definition) is 36. The van der Waals surface area contributed by atoms with Crippen LogP contribution in [0.25, 0.3) is 0 Å².